The Hall–Kier alpha value is -1.07. The molecule has 0 amide bonds. The molecule has 2 N–H and O–H groups in total. The summed E-state index contributed by atoms with van der Waals surface area (Å²) in [4.78, 5) is 11.6. The molecule has 1 aliphatic heterocycles. The molecule has 4 nitrogen and oxygen atoms in total. The lowest BCUT2D eigenvalue weighted by molar-refractivity contribution is -0.142. The predicted molar refractivity (Wildman–Crippen MR) is 72.8 cm³/mol. The lowest BCUT2D eigenvalue weighted by Crippen LogP contribution is -2.46. The molecular formula is C13H16BrNO3. The quantitative estimate of drug-likeness (QED) is 0.901. The van der Waals surface area contributed by atoms with Gasteiger partial charge in [0.2, 0.25) is 0 Å². The summed E-state index contributed by atoms with van der Waals surface area (Å²) in [5.74, 6) is -0.812. The summed E-state index contributed by atoms with van der Waals surface area (Å²) >= 11 is 3.38. The Morgan fingerprint density at radius 1 is 1.39 bits per heavy atom. The first kappa shape index (κ1) is 13.4. The molecule has 18 heavy (non-hydrogen) atoms. The minimum atomic E-state index is -0.919. The maximum atomic E-state index is 11.6. The number of hydrogen-bond acceptors (Lipinski definition) is 3. The van der Waals surface area contributed by atoms with Crippen LogP contribution < -0.4 is 5.32 Å². The number of carboxylic acids is 1. The van der Waals surface area contributed by atoms with Gasteiger partial charge in [0.1, 0.15) is 5.54 Å². The molecule has 0 spiro atoms. The predicted octanol–water partition coefficient (Wildman–Crippen LogP) is 2.88. The summed E-state index contributed by atoms with van der Waals surface area (Å²) in [6.45, 7) is 1.11. The van der Waals surface area contributed by atoms with Crippen molar-refractivity contribution in [3.63, 3.8) is 0 Å². The number of benzene rings is 1. The van der Waals surface area contributed by atoms with Crippen LogP contribution in [0.4, 0.5) is 5.69 Å². The first-order chi connectivity index (χ1) is 8.62. The number of hydrogen-bond donors (Lipinski definition) is 2. The van der Waals surface area contributed by atoms with Crippen LogP contribution in [0.2, 0.25) is 0 Å². The average Bonchev–Trinajstić information content (AvgIpc) is 2.55. The van der Waals surface area contributed by atoms with Crippen molar-refractivity contribution in [2.45, 2.75) is 24.8 Å². The van der Waals surface area contributed by atoms with Crippen LogP contribution in [-0.2, 0) is 9.53 Å². The van der Waals surface area contributed by atoms with Gasteiger partial charge in [0.25, 0.3) is 0 Å². The molecule has 0 radical (unpaired) electrons. The molecule has 2 rings (SSSR count). The van der Waals surface area contributed by atoms with Gasteiger partial charge in [-0.2, -0.15) is 0 Å². The van der Waals surface area contributed by atoms with E-state index in [1.807, 2.05) is 24.3 Å². The Balaban J connectivity index is 2.22. The molecule has 5 heteroatoms. The van der Waals surface area contributed by atoms with Gasteiger partial charge in [-0.3, -0.25) is 0 Å². The highest BCUT2D eigenvalue weighted by Gasteiger charge is 2.38. The van der Waals surface area contributed by atoms with E-state index in [0.717, 1.165) is 16.6 Å². The topological polar surface area (TPSA) is 58.6 Å². The monoisotopic (exact) mass is 313 g/mol. The molecule has 1 aliphatic rings. The molecule has 1 fully saturated rings. The van der Waals surface area contributed by atoms with Crippen LogP contribution in [-0.4, -0.2) is 29.8 Å². The zero-order valence-corrected chi connectivity index (χ0v) is 11.6. The number of nitrogens with one attached hydrogen (secondary N) is 1. The van der Waals surface area contributed by atoms with Crippen LogP contribution in [0.5, 0.6) is 0 Å². The van der Waals surface area contributed by atoms with E-state index < -0.39 is 11.5 Å². The van der Waals surface area contributed by atoms with Crippen LogP contribution in [0.3, 0.4) is 0 Å². The summed E-state index contributed by atoms with van der Waals surface area (Å²) < 4.78 is 6.28. The molecule has 1 heterocycles. The number of anilines is 1. The lowest BCUT2D eigenvalue weighted by Gasteiger charge is -2.30. The standard InChI is InChI=1S/C13H16BrNO3/c14-10-3-1-4-11(9-10)15-13(12(16)17)5-2-7-18-8-6-13/h1,3-4,9,15H,2,5-8H2,(H,16,17). The van der Waals surface area contributed by atoms with Crippen LogP contribution in [0.25, 0.3) is 0 Å². The number of carbonyl (C=O) groups is 1. The van der Waals surface area contributed by atoms with Gasteiger partial charge < -0.3 is 15.2 Å². The summed E-state index contributed by atoms with van der Waals surface area (Å²) in [6, 6.07) is 7.56. The number of ether oxygens (including phenoxy) is 1. The Bertz CT molecular complexity index is 428. The van der Waals surface area contributed by atoms with Gasteiger partial charge in [-0.05, 0) is 31.0 Å². The fourth-order valence-electron chi connectivity index (χ4n) is 2.18. The van der Waals surface area contributed by atoms with Gasteiger partial charge in [0.15, 0.2) is 0 Å². The summed E-state index contributed by atoms with van der Waals surface area (Å²) in [5, 5.41) is 12.7. The zero-order valence-electron chi connectivity index (χ0n) is 9.99. The van der Waals surface area contributed by atoms with E-state index in [2.05, 4.69) is 21.2 Å². The van der Waals surface area contributed by atoms with E-state index in [1.54, 1.807) is 0 Å². The van der Waals surface area contributed by atoms with Crippen molar-refractivity contribution in [3.05, 3.63) is 28.7 Å². The average molecular weight is 314 g/mol. The fourth-order valence-corrected chi connectivity index (χ4v) is 2.58. The smallest absolute Gasteiger partial charge is 0.329 e. The molecule has 0 saturated carbocycles. The first-order valence-corrected chi connectivity index (χ1v) is 6.77. The summed E-state index contributed by atoms with van der Waals surface area (Å²) in [5.41, 5.74) is -0.106. The second-order valence-corrected chi connectivity index (χ2v) is 5.40. The summed E-state index contributed by atoms with van der Waals surface area (Å²) in [6.07, 6.45) is 1.82. The Morgan fingerprint density at radius 2 is 2.22 bits per heavy atom. The number of aliphatic carboxylic acids is 1. The van der Waals surface area contributed by atoms with Crippen LogP contribution in [0.1, 0.15) is 19.3 Å². The van der Waals surface area contributed by atoms with E-state index in [0.29, 0.717) is 26.1 Å². The van der Waals surface area contributed by atoms with Crippen molar-refractivity contribution >= 4 is 27.6 Å². The van der Waals surface area contributed by atoms with Crippen molar-refractivity contribution in [2.24, 2.45) is 0 Å². The van der Waals surface area contributed by atoms with E-state index in [4.69, 9.17) is 4.74 Å². The molecule has 1 unspecified atom stereocenters. The molecule has 1 aromatic carbocycles. The molecular weight excluding hydrogens is 298 g/mol. The van der Waals surface area contributed by atoms with E-state index >= 15 is 0 Å². The Labute approximate surface area is 114 Å². The second-order valence-electron chi connectivity index (χ2n) is 4.49. The maximum Gasteiger partial charge on any atom is 0.329 e. The highest BCUT2D eigenvalue weighted by Crippen LogP contribution is 2.28. The lowest BCUT2D eigenvalue weighted by atomic mass is 9.90. The highest BCUT2D eigenvalue weighted by atomic mass is 79.9. The second kappa shape index (κ2) is 5.71. The van der Waals surface area contributed by atoms with Crippen molar-refractivity contribution in [2.75, 3.05) is 18.5 Å². The van der Waals surface area contributed by atoms with Gasteiger partial charge in [-0.25, -0.2) is 4.79 Å². The molecule has 1 saturated heterocycles. The number of carboxylic acid groups (broad SMARTS) is 1. The number of rotatable bonds is 3. The van der Waals surface area contributed by atoms with E-state index in [9.17, 15) is 9.90 Å². The third kappa shape index (κ3) is 3.03. The van der Waals surface area contributed by atoms with Crippen LogP contribution >= 0.6 is 15.9 Å². The van der Waals surface area contributed by atoms with Crippen molar-refractivity contribution in [3.8, 4) is 0 Å². The van der Waals surface area contributed by atoms with Crippen LogP contribution in [0, 0.1) is 0 Å². The number of halogens is 1. The highest BCUT2D eigenvalue weighted by molar-refractivity contribution is 9.10. The van der Waals surface area contributed by atoms with E-state index in [-0.39, 0.29) is 0 Å². The van der Waals surface area contributed by atoms with Crippen molar-refractivity contribution < 1.29 is 14.6 Å². The summed E-state index contributed by atoms with van der Waals surface area (Å²) in [7, 11) is 0. The zero-order chi connectivity index (χ0) is 13.0. The normalized spacial score (nSPS) is 24.3. The van der Waals surface area contributed by atoms with Crippen molar-refractivity contribution in [1.29, 1.82) is 0 Å². The molecule has 0 aromatic heterocycles. The van der Waals surface area contributed by atoms with Crippen molar-refractivity contribution in [1.82, 2.24) is 0 Å². The molecule has 1 atom stereocenters. The SMILES string of the molecule is O=C(O)C1(Nc2cccc(Br)c2)CCCOCC1. The molecule has 0 aliphatic carbocycles. The Kier molecular flexibility index (Phi) is 4.24. The maximum absolute atomic E-state index is 11.6. The Morgan fingerprint density at radius 3 is 2.94 bits per heavy atom. The van der Waals surface area contributed by atoms with Gasteiger partial charge >= 0.3 is 5.97 Å². The van der Waals surface area contributed by atoms with Crippen LogP contribution in [0.15, 0.2) is 28.7 Å². The minimum absolute atomic E-state index is 0.479. The van der Waals surface area contributed by atoms with E-state index in [1.165, 1.54) is 0 Å². The fraction of sp³-hybridized carbons (Fsp3) is 0.462. The van der Waals surface area contributed by atoms with Gasteiger partial charge in [-0.1, -0.05) is 22.0 Å². The molecule has 1 aromatic rings. The minimum Gasteiger partial charge on any atom is -0.480 e. The van der Waals surface area contributed by atoms with Gasteiger partial charge in [0, 0.05) is 29.8 Å². The third-order valence-electron chi connectivity index (χ3n) is 3.18. The third-order valence-corrected chi connectivity index (χ3v) is 3.68. The van der Waals surface area contributed by atoms with Gasteiger partial charge in [-0.15, -0.1) is 0 Å². The molecule has 98 valence electrons. The molecule has 0 bridgehead atoms. The largest absolute Gasteiger partial charge is 0.480 e. The van der Waals surface area contributed by atoms with Gasteiger partial charge in [0.05, 0.1) is 0 Å². The first-order valence-electron chi connectivity index (χ1n) is 5.97.